The maximum atomic E-state index is 5.36. The van der Waals surface area contributed by atoms with Gasteiger partial charge in [0.15, 0.2) is 6.29 Å². The first-order chi connectivity index (χ1) is 6.38. The van der Waals surface area contributed by atoms with E-state index in [2.05, 4.69) is 6.58 Å². The predicted octanol–water partition coefficient (Wildman–Crippen LogP) is 2.20. The summed E-state index contributed by atoms with van der Waals surface area (Å²) < 4.78 is 10.3. The van der Waals surface area contributed by atoms with E-state index in [9.17, 15) is 0 Å². The highest BCUT2D eigenvalue weighted by Gasteiger charge is 2.22. The van der Waals surface area contributed by atoms with Crippen molar-refractivity contribution in [2.45, 2.75) is 12.9 Å². The van der Waals surface area contributed by atoms with Gasteiger partial charge in [0.05, 0.1) is 6.61 Å². The fourth-order valence-electron chi connectivity index (χ4n) is 1.07. The molecule has 1 aliphatic rings. The molecule has 0 aromatic heterocycles. The Balaban J connectivity index is 1.91. The summed E-state index contributed by atoms with van der Waals surface area (Å²) >= 11 is 0. The van der Waals surface area contributed by atoms with Gasteiger partial charge in [-0.2, -0.15) is 0 Å². The van der Waals surface area contributed by atoms with Gasteiger partial charge in [-0.3, -0.25) is 0 Å². The van der Waals surface area contributed by atoms with E-state index in [0.29, 0.717) is 6.61 Å². The molecule has 1 fully saturated rings. The molecule has 13 heavy (non-hydrogen) atoms. The van der Waals surface area contributed by atoms with Crippen LogP contribution in [0.3, 0.4) is 0 Å². The summed E-state index contributed by atoms with van der Waals surface area (Å²) in [6.45, 7) is 5.06. The van der Waals surface area contributed by atoms with Crippen LogP contribution in [0.15, 0.2) is 30.8 Å². The van der Waals surface area contributed by atoms with Gasteiger partial charge in [0.25, 0.3) is 0 Å². The number of benzene rings is 1. The second-order valence-corrected chi connectivity index (χ2v) is 3.02. The quantitative estimate of drug-likeness (QED) is 0.656. The van der Waals surface area contributed by atoms with Crippen molar-refractivity contribution in [2.24, 2.45) is 0 Å². The Morgan fingerprint density at radius 2 is 2.15 bits per heavy atom. The van der Waals surface area contributed by atoms with E-state index in [-0.39, 0.29) is 6.29 Å². The fourth-order valence-corrected chi connectivity index (χ4v) is 1.07. The smallest absolute Gasteiger partial charge is 0.181 e. The van der Waals surface area contributed by atoms with Crippen LogP contribution in [0.2, 0.25) is 0 Å². The molecule has 0 spiro atoms. The minimum absolute atomic E-state index is 0.0408. The van der Waals surface area contributed by atoms with E-state index in [4.69, 9.17) is 9.47 Å². The molecule has 2 rings (SSSR count). The molecule has 1 atom stereocenters. The number of ether oxygens (including phenoxy) is 2. The summed E-state index contributed by atoms with van der Waals surface area (Å²) in [5.74, 6) is 0. The van der Waals surface area contributed by atoms with E-state index in [1.165, 1.54) is 5.56 Å². The molecule has 1 aliphatic heterocycles. The van der Waals surface area contributed by atoms with Crippen molar-refractivity contribution in [3.8, 4) is 0 Å². The maximum absolute atomic E-state index is 5.36. The molecule has 0 amide bonds. The summed E-state index contributed by atoms with van der Waals surface area (Å²) in [4.78, 5) is 0. The van der Waals surface area contributed by atoms with E-state index < -0.39 is 0 Å². The molecule has 1 heterocycles. The second-order valence-electron chi connectivity index (χ2n) is 3.02. The first-order valence-corrected chi connectivity index (χ1v) is 4.33. The van der Waals surface area contributed by atoms with Gasteiger partial charge < -0.3 is 9.47 Å². The minimum atomic E-state index is 0.0408. The lowest BCUT2D eigenvalue weighted by Gasteiger charge is -2.00. The molecule has 1 aromatic carbocycles. The summed E-state index contributed by atoms with van der Waals surface area (Å²) in [7, 11) is 0. The monoisotopic (exact) mass is 176 g/mol. The van der Waals surface area contributed by atoms with Crippen LogP contribution in [0.25, 0.3) is 6.08 Å². The summed E-state index contributed by atoms with van der Waals surface area (Å²) in [5, 5.41) is 0. The summed E-state index contributed by atoms with van der Waals surface area (Å²) in [6, 6.07) is 8.14. The van der Waals surface area contributed by atoms with Crippen LogP contribution in [-0.4, -0.2) is 12.9 Å². The molecule has 2 heteroatoms. The molecule has 68 valence electrons. The van der Waals surface area contributed by atoms with Crippen LogP contribution >= 0.6 is 0 Å². The number of epoxide rings is 1. The first-order valence-electron chi connectivity index (χ1n) is 4.33. The van der Waals surface area contributed by atoms with Gasteiger partial charge in [0.1, 0.15) is 6.61 Å². The summed E-state index contributed by atoms with van der Waals surface area (Å²) in [5.41, 5.74) is 2.30. The van der Waals surface area contributed by atoms with Crippen LogP contribution in [-0.2, 0) is 16.1 Å². The zero-order valence-electron chi connectivity index (χ0n) is 7.40. The molecule has 1 aromatic rings. The van der Waals surface area contributed by atoms with Crippen molar-refractivity contribution >= 4 is 6.08 Å². The Bertz CT molecular complexity index is 285. The third-order valence-corrected chi connectivity index (χ3v) is 1.95. The minimum Gasteiger partial charge on any atom is -0.346 e. The van der Waals surface area contributed by atoms with Crippen LogP contribution in [0.1, 0.15) is 11.1 Å². The SMILES string of the molecule is C=Cc1ccc(COC2CO2)cc1. The first kappa shape index (κ1) is 8.48. The Morgan fingerprint density at radius 3 is 2.69 bits per heavy atom. The van der Waals surface area contributed by atoms with Crippen molar-refractivity contribution in [1.82, 2.24) is 0 Å². The van der Waals surface area contributed by atoms with E-state index in [1.54, 1.807) is 0 Å². The molecule has 1 unspecified atom stereocenters. The lowest BCUT2D eigenvalue weighted by molar-refractivity contribution is 0.0386. The van der Waals surface area contributed by atoms with Crippen LogP contribution < -0.4 is 0 Å². The van der Waals surface area contributed by atoms with Crippen molar-refractivity contribution < 1.29 is 9.47 Å². The van der Waals surface area contributed by atoms with Gasteiger partial charge in [-0.15, -0.1) is 0 Å². The average molecular weight is 176 g/mol. The van der Waals surface area contributed by atoms with Crippen LogP contribution in [0, 0.1) is 0 Å². The normalized spacial score (nSPS) is 19.8. The molecule has 0 bridgehead atoms. The molecule has 0 N–H and O–H groups in total. The van der Waals surface area contributed by atoms with Gasteiger partial charge in [-0.05, 0) is 11.1 Å². The third kappa shape index (κ3) is 2.41. The Kier molecular flexibility index (Phi) is 2.43. The van der Waals surface area contributed by atoms with Gasteiger partial charge in [0.2, 0.25) is 0 Å². The predicted molar refractivity (Wildman–Crippen MR) is 51.1 cm³/mol. The Labute approximate surface area is 77.8 Å². The van der Waals surface area contributed by atoms with Crippen molar-refractivity contribution in [3.05, 3.63) is 42.0 Å². The lowest BCUT2D eigenvalue weighted by Crippen LogP contribution is -1.95. The van der Waals surface area contributed by atoms with Gasteiger partial charge in [-0.1, -0.05) is 36.9 Å². The standard InChI is InChI=1S/C11H12O2/c1-2-9-3-5-10(6-4-9)7-12-11-8-13-11/h2-6,11H,1,7-8H2. The van der Waals surface area contributed by atoms with Crippen LogP contribution in [0.4, 0.5) is 0 Å². The fraction of sp³-hybridized carbons (Fsp3) is 0.273. The zero-order chi connectivity index (χ0) is 9.10. The molecule has 0 aliphatic carbocycles. The lowest BCUT2D eigenvalue weighted by atomic mass is 10.1. The Hall–Kier alpha value is -1.12. The molecular formula is C11H12O2. The second kappa shape index (κ2) is 3.73. The van der Waals surface area contributed by atoms with Crippen molar-refractivity contribution in [3.63, 3.8) is 0 Å². The van der Waals surface area contributed by atoms with E-state index >= 15 is 0 Å². The number of hydrogen-bond acceptors (Lipinski definition) is 2. The Morgan fingerprint density at radius 1 is 1.46 bits per heavy atom. The number of hydrogen-bond donors (Lipinski definition) is 0. The topological polar surface area (TPSA) is 21.8 Å². The molecular weight excluding hydrogens is 164 g/mol. The highest BCUT2D eigenvalue weighted by Crippen LogP contribution is 2.14. The third-order valence-electron chi connectivity index (χ3n) is 1.95. The van der Waals surface area contributed by atoms with E-state index in [0.717, 1.165) is 12.2 Å². The van der Waals surface area contributed by atoms with Gasteiger partial charge >= 0.3 is 0 Å². The van der Waals surface area contributed by atoms with Crippen LogP contribution in [0.5, 0.6) is 0 Å². The molecule has 0 radical (unpaired) electrons. The van der Waals surface area contributed by atoms with E-state index in [1.807, 2.05) is 30.3 Å². The highest BCUT2D eigenvalue weighted by atomic mass is 16.8. The average Bonchev–Trinajstić information content (AvgIpc) is 2.99. The molecule has 1 saturated heterocycles. The van der Waals surface area contributed by atoms with Gasteiger partial charge in [-0.25, -0.2) is 0 Å². The highest BCUT2D eigenvalue weighted by molar-refractivity contribution is 5.47. The zero-order valence-corrected chi connectivity index (χ0v) is 7.40. The maximum Gasteiger partial charge on any atom is 0.181 e. The van der Waals surface area contributed by atoms with Crippen molar-refractivity contribution in [2.75, 3.05) is 6.61 Å². The summed E-state index contributed by atoms with van der Waals surface area (Å²) in [6.07, 6.45) is 1.87. The van der Waals surface area contributed by atoms with Gasteiger partial charge in [0, 0.05) is 0 Å². The largest absolute Gasteiger partial charge is 0.346 e. The number of rotatable bonds is 4. The molecule has 0 saturated carbocycles. The molecule has 2 nitrogen and oxygen atoms in total. The van der Waals surface area contributed by atoms with Crippen molar-refractivity contribution in [1.29, 1.82) is 0 Å².